The van der Waals surface area contributed by atoms with E-state index >= 15 is 0 Å². The molecule has 0 saturated heterocycles. The van der Waals surface area contributed by atoms with Gasteiger partial charge in [0.05, 0.1) is 0 Å². The van der Waals surface area contributed by atoms with Crippen molar-refractivity contribution in [3.05, 3.63) is 47.8 Å². The standard InChI is InChI=1S/C14H13FO/c1-2-12-13(7-4-8-14(12)15)10-5-3-6-11(16)9-10/h2,4,7-9H,1,3,5-6H2. The molecule has 1 aliphatic carbocycles. The number of hydrogen-bond acceptors (Lipinski definition) is 1. The number of allylic oxidation sites excluding steroid dienone is 2. The minimum Gasteiger partial charge on any atom is -0.295 e. The van der Waals surface area contributed by atoms with Crippen LogP contribution < -0.4 is 0 Å². The molecule has 16 heavy (non-hydrogen) atoms. The predicted molar refractivity (Wildman–Crippen MR) is 63.3 cm³/mol. The van der Waals surface area contributed by atoms with E-state index in [1.807, 2.05) is 6.07 Å². The number of benzene rings is 1. The van der Waals surface area contributed by atoms with Gasteiger partial charge >= 0.3 is 0 Å². The molecular weight excluding hydrogens is 203 g/mol. The molecule has 0 unspecified atom stereocenters. The Morgan fingerprint density at radius 3 is 2.81 bits per heavy atom. The Kier molecular flexibility index (Phi) is 3.00. The third-order valence-corrected chi connectivity index (χ3v) is 2.81. The lowest BCUT2D eigenvalue weighted by atomic mass is 9.90. The van der Waals surface area contributed by atoms with Gasteiger partial charge < -0.3 is 0 Å². The summed E-state index contributed by atoms with van der Waals surface area (Å²) in [6.07, 6.45) is 5.41. The molecule has 1 aromatic carbocycles. The first-order valence-electron chi connectivity index (χ1n) is 5.37. The highest BCUT2D eigenvalue weighted by Gasteiger charge is 2.14. The molecule has 0 amide bonds. The van der Waals surface area contributed by atoms with Gasteiger partial charge in [-0.2, -0.15) is 0 Å². The topological polar surface area (TPSA) is 17.1 Å². The van der Waals surface area contributed by atoms with Crippen LogP contribution in [0, 0.1) is 5.82 Å². The molecule has 0 aliphatic heterocycles. The van der Waals surface area contributed by atoms with Gasteiger partial charge in [0.15, 0.2) is 5.78 Å². The summed E-state index contributed by atoms with van der Waals surface area (Å²) in [5, 5.41) is 0. The normalized spacial score (nSPS) is 15.8. The van der Waals surface area contributed by atoms with Gasteiger partial charge in [-0.05, 0) is 36.1 Å². The molecule has 0 heterocycles. The Morgan fingerprint density at radius 1 is 1.31 bits per heavy atom. The van der Waals surface area contributed by atoms with Crippen LogP contribution in [0.2, 0.25) is 0 Å². The van der Waals surface area contributed by atoms with E-state index in [4.69, 9.17) is 0 Å². The first-order chi connectivity index (χ1) is 7.72. The first-order valence-corrected chi connectivity index (χ1v) is 5.37. The second-order valence-electron chi connectivity index (χ2n) is 3.89. The zero-order valence-corrected chi connectivity index (χ0v) is 9.00. The SMILES string of the molecule is C=Cc1c(F)cccc1C1=CC(=O)CCC1. The fourth-order valence-corrected chi connectivity index (χ4v) is 2.03. The van der Waals surface area contributed by atoms with Gasteiger partial charge in [-0.25, -0.2) is 4.39 Å². The number of carbonyl (C=O) groups is 1. The lowest BCUT2D eigenvalue weighted by Crippen LogP contribution is -2.03. The molecule has 0 N–H and O–H groups in total. The molecule has 82 valence electrons. The minimum atomic E-state index is -0.286. The van der Waals surface area contributed by atoms with Crippen LogP contribution in [0.4, 0.5) is 4.39 Å². The van der Waals surface area contributed by atoms with Crippen molar-refractivity contribution in [2.24, 2.45) is 0 Å². The van der Waals surface area contributed by atoms with E-state index in [1.54, 1.807) is 12.1 Å². The summed E-state index contributed by atoms with van der Waals surface area (Å²) in [4.78, 5) is 11.3. The maximum atomic E-state index is 13.5. The van der Waals surface area contributed by atoms with Crippen LogP contribution in [0.1, 0.15) is 30.4 Å². The number of hydrogen-bond donors (Lipinski definition) is 0. The number of halogens is 1. The van der Waals surface area contributed by atoms with Gasteiger partial charge in [-0.1, -0.05) is 24.8 Å². The Balaban J connectivity index is 2.51. The fourth-order valence-electron chi connectivity index (χ4n) is 2.03. The average molecular weight is 216 g/mol. The summed E-state index contributed by atoms with van der Waals surface area (Å²) in [6.45, 7) is 3.61. The average Bonchev–Trinajstić information content (AvgIpc) is 2.28. The zero-order valence-electron chi connectivity index (χ0n) is 9.00. The van der Waals surface area contributed by atoms with Crippen LogP contribution >= 0.6 is 0 Å². The van der Waals surface area contributed by atoms with Crippen molar-refractivity contribution in [3.8, 4) is 0 Å². The van der Waals surface area contributed by atoms with E-state index in [0.29, 0.717) is 12.0 Å². The molecule has 1 aliphatic rings. The Bertz CT molecular complexity index is 472. The largest absolute Gasteiger partial charge is 0.295 e. The number of ketones is 1. The lowest BCUT2D eigenvalue weighted by molar-refractivity contribution is -0.114. The molecule has 0 atom stereocenters. The van der Waals surface area contributed by atoms with Crippen LogP contribution in [0.3, 0.4) is 0 Å². The Morgan fingerprint density at radius 2 is 2.12 bits per heavy atom. The van der Waals surface area contributed by atoms with E-state index in [9.17, 15) is 9.18 Å². The number of carbonyl (C=O) groups excluding carboxylic acids is 1. The van der Waals surface area contributed by atoms with E-state index in [0.717, 1.165) is 24.0 Å². The van der Waals surface area contributed by atoms with E-state index < -0.39 is 0 Å². The molecule has 1 aromatic rings. The Hall–Kier alpha value is -1.70. The maximum absolute atomic E-state index is 13.5. The molecule has 0 spiro atoms. The third kappa shape index (κ3) is 1.96. The fraction of sp³-hybridized carbons (Fsp3) is 0.214. The predicted octanol–water partition coefficient (Wildman–Crippen LogP) is 3.61. The van der Waals surface area contributed by atoms with Crippen LogP contribution in [-0.2, 0) is 4.79 Å². The van der Waals surface area contributed by atoms with E-state index in [2.05, 4.69) is 6.58 Å². The van der Waals surface area contributed by atoms with E-state index in [1.165, 1.54) is 12.1 Å². The monoisotopic (exact) mass is 216 g/mol. The van der Waals surface area contributed by atoms with Gasteiger partial charge in [0, 0.05) is 12.0 Å². The summed E-state index contributed by atoms with van der Waals surface area (Å²) in [5.41, 5.74) is 2.21. The van der Waals surface area contributed by atoms with Crippen molar-refractivity contribution in [2.75, 3.05) is 0 Å². The highest BCUT2D eigenvalue weighted by Crippen LogP contribution is 2.29. The van der Waals surface area contributed by atoms with Crippen LogP contribution in [-0.4, -0.2) is 5.78 Å². The van der Waals surface area contributed by atoms with Crippen molar-refractivity contribution in [1.29, 1.82) is 0 Å². The van der Waals surface area contributed by atoms with Crippen molar-refractivity contribution < 1.29 is 9.18 Å². The number of rotatable bonds is 2. The van der Waals surface area contributed by atoms with Crippen LogP contribution in [0.25, 0.3) is 11.6 Å². The molecule has 2 heteroatoms. The van der Waals surface area contributed by atoms with Crippen molar-refractivity contribution in [3.63, 3.8) is 0 Å². The van der Waals surface area contributed by atoms with Crippen molar-refractivity contribution in [2.45, 2.75) is 19.3 Å². The highest BCUT2D eigenvalue weighted by molar-refractivity contribution is 5.99. The summed E-state index contributed by atoms with van der Waals surface area (Å²) in [5.74, 6) is -0.160. The van der Waals surface area contributed by atoms with Crippen LogP contribution in [0.5, 0.6) is 0 Å². The third-order valence-electron chi connectivity index (χ3n) is 2.81. The molecule has 0 fully saturated rings. The second kappa shape index (κ2) is 4.44. The molecule has 0 aromatic heterocycles. The van der Waals surface area contributed by atoms with Gasteiger partial charge in [0.2, 0.25) is 0 Å². The maximum Gasteiger partial charge on any atom is 0.155 e. The van der Waals surface area contributed by atoms with E-state index in [-0.39, 0.29) is 11.6 Å². The summed E-state index contributed by atoms with van der Waals surface area (Å²) >= 11 is 0. The quantitative estimate of drug-likeness (QED) is 0.738. The molecule has 1 nitrogen and oxygen atoms in total. The van der Waals surface area contributed by atoms with Gasteiger partial charge in [-0.15, -0.1) is 0 Å². The molecule has 0 bridgehead atoms. The van der Waals surface area contributed by atoms with Crippen LogP contribution in [0.15, 0.2) is 30.9 Å². The van der Waals surface area contributed by atoms with Gasteiger partial charge in [-0.3, -0.25) is 4.79 Å². The highest BCUT2D eigenvalue weighted by atomic mass is 19.1. The van der Waals surface area contributed by atoms with Crippen molar-refractivity contribution in [1.82, 2.24) is 0 Å². The van der Waals surface area contributed by atoms with Gasteiger partial charge in [0.1, 0.15) is 5.82 Å². The molecular formula is C14H13FO. The zero-order chi connectivity index (χ0) is 11.5. The molecule has 2 rings (SSSR count). The lowest BCUT2D eigenvalue weighted by Gasteiger charge is -2.14. The van der Waals surface area contributed by atoms with Crippen molar-refractivity contribution >= 4 is 17.4 Å². The Labute approximate surface area is 94.3 Å². The molecule has 0 radical (unpaired) electrons. The first kappa shape index (κ1) is 10.8. The summed E-state index contributed by atoms with van der Waals surface area (Å²) in [6, 6.07) is 4.91. The van der Waals surface area contributed by atoms with Gasteiger partial charge in [0.25, 0.3) is 0 Å². The molecule has 0 saturated carbocycles. The minimum absolute atomic E-state index is 0.125. The smallest absolute Gasteiger partial charge is 0.155 e. The summed E-state index contributed by atoms with van der Waals surface area (Å²) < 4.78 is 13.5. The second-order valence-corrected chi connectivity index (χ2v) is 3.89. The summed E-state index contributed by atoms with van der Waals surface area (Å²) in [7, 11) is 0.